The van der Waals surface area contributed by atoms with Crippen LogP contribution in [0.15, 0.2) is 71.8 Å². The highest BCUT2D eigenvalue weighted by Crippen LogP contribution is 2.28. The van der Waals surface area contributed by atoms with Crippen LogP contribution < -0.4 is 14.4 Å². The fraction of sp³-hybridized carbons (Fsp3) is 0.190. The number of hydrogen-bond donors (Lipinski definition) is 1. The fourth-order valence-electron chi connectivity index (χ4n) is 2.89. The molecule has 0 aliphatic heterocycles. The topological polar surface area (TPSA) is 71.5 Å². The highest BCUT2D eigenvalue weighted by atomic mass is 32.2. The van der Waals surface area contributed by atoms with E-state index in [9.17, 15) is 8.42 Å². The van der Waals surface area contributed by atoms with Gasteiger partial charge >= 0.3 is 0 Å². The summed E-state index contributed by atoms with van der Waals surface area (Å²) in [5, 5.41) is 0. The number of hydrogen-bond acceptors (Lipinski definition) is 5. The normalized spacial score (nSPS) is 11.1. The fourth-order valence-corrected chi connectivity index (χ4v) is 4.19. The van der Waals surface area contributed by atoms with Crippen molar-refractivity contribution < 1.29 is 13.2 Å². The van der Waals surface area contributed by atoms with E-state index < -0.39 is 10.0 Å². The second kappa shape index (κ2) is 8.31. The summed E-state index contributed by atoms with van der Waals surface area (Å²) in [5.74, 6) is 1.04. The van der Waals surface area contributed by atoms with Crippen molar-refractivity contribution in [1.82, 2.24) is 4.98 Å². The molecule has 0 bridgehead atoms. The zero-order valence-corrected chi connectivity index (χ0v) is 16.9. The van der Waals surface area contributed by atoms with E-state index >= 15 is 0 Å². The minimum absolute atomic E-state index is 0.0959. The standard InChI is InChI=1S/C21H23N3O3S/c1-4-24(18-8-6-5-7-9-18)21-13-11-17(15-22-21)23-28(25,26)20-14-16(2)10-12-19(20)27-3/h5-15,23H,4H2,1-3H3. The van der Waals surface area contributed by atoms with Gasteiger partial charge in [0.05, 0.1) is 19.0 Å². The molecule has 0 aliphatic rings. The molecule has 0 aliphatic carbocycles. The number of anilines is 3. The second-order valence-electron chi connectivity index (χ2n) is 6.24. The lowest BCUT2D eigenvalue weighted by Crippen LogP contribution is -2.18. The molecule has 0 radical (unpaired) electrons. The first-order chi connectivity index (χ1) is 13.4. The average molecular weight is 398 g/mol. The van der Waals surface area contributed by atoms with Crippen molar-refractivity contribution in [2.24, 2.45) is 0 Å². The molecule has 0 amide bonds. The molecule has 0 saturated carbocycles. The number of nitrogens with one attached hydrogen (secondary N) is 1. The van der Waals surface area contributed by atoms with Crippen molar-refractivity contribution in [1.29, 1.82) is 0 Å². The molecule has 0 saturated heterocycles. The zero-order chi connectivity index (χ0) is 20.1. The van der Waals surface area contributed by atoms with Gasteiger partial charge in [-0.1, -0.05) is 24.3 Å². The van der Waals surface area contributed by atoms with E-state index in [1.54, 1.807) is 30.3 Å². The van der Waals surface area contributed by atoms with Gasteiger partial charge in [0.1, 0.15) is 16.5 Å². The van der Waals surface area contributed by atoms with Crippen LogP contribution in [0.25, 0.3) is 0 Å². The van der Waals surface area contributed by atoms with E-state index in [2.05, 4.69) is 9.71 Å². The average Bonchev–Trinajstić information content (AvgIpc) is 2.70. The second-order valence-corrected chi connectivity index (χ2v) is 7.90. The van der Waals surface area contributed by atoms with Gasteiger partial charge in [-0.05, 0) is 55.8 Å². The number of benzene rings is 2. The van der Waals surface area contributed by atoms with Crippen molar-refractivity contribution in [2.75, 3.05) is 23.3 Å². The van der Waals surface area contributed by atoms with Crippen LogP contribution in [0, 0.1) is 6.92 Å². The Hall–Kier alpha value is -3.06. The molecule has 146 valence electrons. The van der Waals surface area contributed by atoms with Crippen molar-refractivity contribution in [3.63, 3.8) is 0 Å². The third-order valence-electron chi connectivity index (χ3n) is 4.27. The van der Waals surface area contributed by atoms with Crippen LogP contribution in [0.4, 0.5) is 17.2 Å². The Kier molecular flexibility index (Phi) is 5.84. The molecule has 1 N–H and O–H groups in total. The van der Waals surface area contributed by atoms with E-state index in [4.69, 9.17) is 4.74 Å². The van der Waals surface area contributed by atoms with E-state index in [-0.39, 0.29) is 4.90 Å². The predicted octanol–water partition coefficient (Wildman–Crippen LogP) is 4.36. The van der Waals surface area contributed by atoms with Gasteiger partial charge < -0.3 is 9.64 Å². The Morgan fingerprint density at radius 1 is 1.07 bits per heavy atom. The van der Waals surface area contributed by atoms with Crippen molar-refractivity contribution in [3.8, 4) is 5.75 Å². The Morgan fingerprint density at radius 3 is 2.43 bits per heavy atom. The maximum atomic E-state index is 12.8. The van der Waals surface area contributed by atoms with Crippen LogP contribution in [0.5, 0.6) is 5.75 Å². The van der Waals surface area contributed by atoms with Crippen LogP contribution in [-0.4, -0.2) is 27.1 Å². The number of nitrogens with zero attached hydrogens (tertiary/aromatic N) is 2. The minimum Gasteiger partial charge on any atom is -0.495 e. The van der Waals surface area contributed by atoms with Gasteiger partial charge in [0.25, 0.3) is 10.0 Å². The smallest absolute Gasteiger partial charge is 0.265 e. The summed E-state index contributed by atoms with van der Waals surface area (Å²) in [4.78, 5) is 6.57. The summed E-state index contributed by atoms with van der Waals surface area (Å²) >= 11 is 0. The monoisotopic (exact) mass is 397 g/mol. The Balaban J connectivity index is 1.85. The van der Waals surface area contributed by atoms with Crippen molar-refractivity contribution >= 4 is 27.2 Å². The summed E-state index contributed by atoms with van der Waals surface area (Å²) in [6.45, 7) is 4.61. The molecule has 28 heavy (non-hydrogen) atoms. The molecule has 1 aromatic heterocycles. The molecule has 2 aromatic carbocycles. The Morgan fingerprint density at radius 2 is 1.82 bits per heavy atom. The molecule has 6 nitrogen and oxygen atoms in total. The number of rotatable bonds is 7. The molecule has 0 unspecified atom stereocenters. The van der Waals surface area contributed by atoms with E-state index in [1.807, 2.05) is 49.1 Å². The highest BCUT2D eigenvalue weighted by molar-refractivity contribution is 7.92. The number of sulfonamides is 1. The summed E-state index contributed by atoms with van der Waals surface area (Å²) in [6.07, 6.45) is 1.51. The first kappa shape index (κ1) is 19.7. The summed E-state index contributed by atoms with van der Waals surface area (Å²) in [5.41, 5.74) is 2.24. The van der Waals surface area contributed by atoms with Gasteiger partial charge in [-0.25, -0.2) is 13.4 Å². The van der Waals surface area contributed by atoms with Gasteiger partial charge in [-0.15, -0.1) is 0 Å². The van der Waals surface area contributed by atoms with Gasteiger partial charge in [-0.2, -0.15) is 0 Å². The molecule has 1 heterocycles. The SMILES string of the molecule is CCN(c1ccccc1)c1ccc(NS(=O)(=O)c2cc(C)ccc2OC)cn1. The number of ether oxygens (including phenoxy) is 1. The predicted molar refractivity (Wildman–Crippen MR) is 112 cm³/mol. The highest BCUT2D eigenvalue weighted by Gasteiger charge is 2.20. The molecule has 3 aromatic rings. The van der Waals surface area contributed by atoms with Crippen LogP contribution >= 0.6 is 0 Å². The number of pyridine rings is 1. The van der Waals surface area contributed by atoms with Crippen LogP contribution in [-0.2, 0) is 10.0 Å². The summed E-state index contributed by atoms with van der Waals surface area (Å²) in [6, 6.07) is 18.4. The molecular formula is C21H23N3O3S. The lowest BCUT2D eigenvalue weighted by Gasteiger charge is -2.22. The summed E-state index contributed by atoms with van der Waals surface area (Å²) in [7, 11) is -2.35. The lowest BCUT2D eigenvalue weighted by atomic mass is 10.2. The molecule has 0 atom stereocenters. The van der Waals surface area contributed by atoms with Crippen molar-refractivity contribution in [2.45, 2.75) is 18.7 Å². The first-order valence-corrected chi connectivity index (χ1v) is 10.4. The lowest BCUT2D eigenvalue weighted by molar-refractivity contribution is 0.402. The molecule has 0 spiro atoms. The van der Waals surface area contributed by atoms with Gasteiger partial charge in [-0.3, -0.25) is 4.72 Å². The maximum absolute atomic E-state index is 12.8. The summed E-state index contributed by atoms with van der Waals surface area (Å²) < 4.78 is 33.4. The van der Waals surface area contributed by atoms with E-state index in [0.29, 0.717) is 11.4 Å². The van der Waals surface area contributed by atoms with Crippen LogP contribution in [0.1, 0.15) is 12.5 Å². The molecule has 7 heteroatoms. The van der Waals surface area contributed by atoms with E-state index in [1.165, 1.54) is 13.3 Å². The molecular weight excluding hydrogens is 374 g/mol. The first-order valence-electron chi connectivity index (χ1n) is 8.90. The number of para-hydroxylation sites is 1. The van der Waals surface area contributed by atoms with Gasteiger partial charge in [0.15, 0.2) is 0 Å². The largest absolute Gasteiger partial charge is 0.495 e. The third-order valence-corrected chi connectivity index (χ3v) is 5.67. The van der Waals surface area contributed by atoms with Crippen LogP contribution in [0.3, 0.4) is 0 Å². The maximum Gasteiger partial charge on any atom is 0.265 e. The third kappa shape index (κ3) is 4.26. The quantitative estimate of drug-likeness (QED) is 0.641. The Labute approximate surface area is 165 Å². The van der Waals surface area contributed by atoms with Gasteiger partial charge in [0.2, 0.25) is 0 Å². The number of methoxy groups -OCH3 is 1. The van der Waals surface area contributed by atoms with Gasteiger partial charge in [0, 0.05) is 12.2 Å². The van der Waals surface area contributed by atoms with E-state index in [0.717, 1.165) is 23.6 Å². The molecule has 0 fully saturated rings. The van der Waals surface area contributed by atoms with Crippen molar-refractivity contribution in [3.05, 3.63) is 72.4 Å². The Bertz CT molecular complexity index is 1040. The molecule has 3 rings (SSSR count). The minimum atomic E-state index is -3.80. The number of aryl methyl sites for hydroxylation is 1. The zero-order valence-electron chi connectivity index (χ0n) is 16.1. The number of aromatic nitrogens is 1. The van der Waals surface area contributed by atoms with Crippen LogP contribution in [0.2, 0.25) is 0 Å².